The molecule has 1 aromatic carbocycles. The summed E-state index contributed by atoms with van der Waals surface area (Å²) in [4.78, 5) is 2.31. The zero-order chi connectivity index (χ0) is 15.0. The number of fused-ring (bicyclic) bond motifs is 1. The van der Waals surface area contributed by atoms with E-state index in [2.05, 4.69) is 4.90 Å². The van der Waals surface area contributed by atoms with Gasteiger partial charge in [-0.1, -0.05) is 25.1 Å². The van der Waals surface area contributed by atoms with E-state index in [0.717, 1.165) is 32.5 Å². The second kappa shape index (κ2) is 6.03. The number of aliphatic hydroxyl groups excluding tert-OH is 2. The van der Waals surface area contributed by atoms with Crippen LogP contribution >= 0.6 is 0 Å². The van der Waals surface area contributed by atoms with Gasteiger partial charge in [0.05, 0.1) is 12.2 Å². The van der Waals surface area contributed by atoms with E-state index in [9.17, 15) is 14.6 Å². The Hall–Kier alpha value is -0.970. The Balaban J connectivity index is 1.60. The monoisotopic (exact) mass is 293 g/mol. The summed E-state index contributed by atoms with van der Waals surface area (Å²) < 4.78 is 13.7. The van der Waals surface area contributed by atoms with E-state index in [-0.39, 0.29) is 17.8 Å². The summed E-state index contributed by atoms with van der Waals surface area (Å²) in [7, 11) is 0. The van der Waals surface area contributed by atoms with Crippen LogP contribution in [-0.2, 0) is 0 Å². The van der Waals surface area contributed by atoms with Crippen molar-refractivity contribution in [2.75, 3.05) is 19.6 Å². The van der Waals surface area contributed by atoms with Crippen LogP contribution in [0.15, 0.2) is 24.3 Å². The van der Waals surface area contributed by atoms with Crippen LogP contribution in [0.3, 0.4) is 0 Å². The fourth-order valence-corrected chi connectivity index (χ4v) is 4.01. The fourth-order valence-electron chi connectivity index (χ4n) is 4.01. The molecule has 1 saturated heterocycles. The predicted molar refractivity (Wildman–Crippen MR) is 79.2 cm³/mol. The molecule has 116 valence electrons. The van der Waals surface area contributed by atoms with Crippen LogP contribution in [0.25, 0.3) is 0 Å². The highest BCUT2D eigenvalue weighted by Gasteiger charge is 2.42. The second-order valence-corrected chi connectivity index (χ2v) is 6.73. The van der Waals surface area contributed by atoms with Crippen LogP contribution in [0.1, 0.15) is 31.4 Å². The van der Waals surface area contributed by atoms with E-state index in [1.807, 2.05) is 6.92 Å². The van der Waals surface area contributed by atoms with Gasteiger partial charge in [-0.2, -0.15) is 0 Å². The van der Waals surface area contributed by atoms with Gasteiger partial charge in [0.1, 0.15) is 5.82 Å². The Morgan fingerprint density at radius 3 is 2.76 bits per heavy atom. The third kappa shape index (κ3) is 2.98. The molecular formula is C17H24FNO2. The molecule has 1 aromatic rings. The largest absolute Gasteiger partial charge is 0.393 e. The molecule has 1 aliphatic heterocycles. The molecule has 0 spiro atoms. The maximum absolute atomic E-state index is 13.7. The van der Waals surface area contributed by atoms with Crippen LogP contribution in [0.5, 0.6) is 0 Å². The number of nitrogens with zero attached hydrogens (tertiary/aromatic N) is 1. The van der Waals surface area contributed by atoms with E-state index < -0.39 is 6.10 Å². The summed E-state index contributed by atoms with van der Waals surface area (Å²) in [5.74, 6) is 0.615. The molecule has 0 bridgehead atoms. The van der Waals surface area contributed by atoms with Gasteiger partial charge in [0.25, 0.3) is 0 Å². The van der Waals surface area contributed by atoms with Gasteiger partial charge in [0.2, 0.25) is 0 Å². The van der Waals surface area contributed by atoms with Gasteiger partial charge in [-0.15, -0.1) is 0 Å². The minimum absolute atomic E-state index is 0.0298. The lowest BCUT2D eigenvalue weighted by Gasteiger charge is -2.26. The molecule has 0 amide bonds. The lowest BCUT2D eigenvalue weighted by molar-refractivity contribution is 0.0832. The minimum Gasteiger partial charge on any atom is -0.393 e. The maximum Gasteiger partial charge on any atom is 0.129 e. The van der Waals surface area contributed by atoms with Gasteiger partial charge in [-0.25, -0.2) is 4.39 Å². The molecule has 2 N–H and O–H groups in total. The minimum atomic E-state index is -0.781. The van der Waals surface area contributed by atoms with Crippen LogP contribution in [0.4, 0.5) is 4.39 Å². The topological polar surface area (TPSA) is 43.7 Å². The normalized spacial score (nSPS) is 32.1. The molecule has 1 saturated carbocycles. The third-order valence-corrected chi connectivity index (χ3v) is 5.20. The summed E-state index contributed by atoms with van der Waals surface area (Å²) in [6, 6.07) is 6.44. The van der Waals surface area contributed by atoms with E-state index in [4.69, 9.17) is 0 Å². The highest BCUT2D eigenvalue weighted by atomic mass is 19.1. The maximum atomic E-state index is 13.7. The highest BCUT2D eigenvalue weighted by Crippen LogP contribution is 2.38. The molecule has 21 heavy (non-hydrogen) atoms. The highest BCUT2D eigenvalue weighted by molar-refractivity contribution is 5.20. The van der Waals surface area contributed by atoms with Crippen molar-refractivity contribution >= 4 is 0 Å². The van der Waals surface area contributed by atoms with Crippen molar-refractivity contribution < 1.29 is 14.6 Å². The molecule has 5 atom stereocenters. The summed E-state index contributed by atoms with van der Waals surface area (Å²) in [5, 5.41) is 20.3. The Bertz CT molecular complexity index is 495. The van der Waals surface area contributed by atoms with E-state index >= 15 is 0 Å². The number of halogens is 1. The Morgan fingerprint density at radius 2 is 2.05 bits per heavy atom. The number of hydrogen-bond acceptors (Lipinski definition) is 3. The Kier molecular flexibility index (Phi) is 4.29. The average molecular weight is 293 g/mol. The second-order valence-electron chi connectivity index (χ2n) is 6.73. The van der Waals surface area contributed by atoms with E-state index in [1.165, 1.54) is 6.07 Å². The molecule has 2 fully saturated rings. The van der Waals surface area contributed by atoms with Gasteiger partial charge >= 0.3 is 0 Å². The van der Waals surface area contributed by atoms with Crippen LogP contribution in [0, 0.1) is 23.6 Å². The molecule has 4 heteroatoms. The van der Waals surface area contributed by atoms with Crippen molar-refractivity contribution in [3.8, 4) is 0 Å². The van der Waals surface area contributed by atoms with E-state index in [0.29, 0.717) is 17.4 Å². The van der Waals surface area contributed by atoms with Crippen molar-refractivity contribution in [3.05, 3.63) is 35.6 Å². The van der Waals surface area contributed by atoms with E-state index in [1.54, 1.807) is 18.2 Å². The zero-order valence-corrected chi connectivity index (χ0v) is 12.5. The predicted octanol–water partition coefficient (Wildman–Crippen LogP) is 2.20. The first-order chi connectivity index (χ1) is 10.1. The van der Waals surface area contributed by atoms with Crippen LogP contribution in [-0.4, -0.2) is 40.9 Å². The molecule has 2 aliphatic rings. The standard InChI is InChI=1S/C17H24FNO2/c1-11(17(21)13-4-2-3-5-15(13)18)8-19-9-12-6-7-16(20)14(12)10-19/h2-5,11-12,14,16-17,20-21H,6-10H2,1H3. The number of aliphatic hydroxyl groups is 2. The van der Waals surface area contributed by atoms with Crippen molar-refractivity contribution in [1.82, 2.24) is 4.90 Å². The smallest absolute Gasteiger partial charge is 0.129 e. The number of likely N-dealkylation sites (tertiary alicyclic amines) is 1. The van der Waals surface area contributed by atoms with Gasteiger partial charge in [0.15, 0.2) is 0 Å². The molecule has 5 unspecified atom stereocenters. The van der Waals surface area contributed by atoms with Crippen molar-refractivity contribution in [2.45, 2.75) is 32.0 Å². The van der Waals surface area contributed by atoms with Gasteiger partial charge < -0.3 is 15.1 Å². The lowest BCUT2D eigenvalue weighted by Crippen LogP contribution is -2.31. The first kappa shape index (κ1) is 14.9. The van der Waals surface area contributed by atoms with Gasteiger partial charge in [0, 0.05) is 31.1 Å². The summed E-state index contributed by atoms with van der Waals surface area (Å²) >= 11 is 0. The number of benzene rings is 1. The molecule has 1 aliphatic carbocycles. The third-order valence-electron chi connectivity index (χ3n) is 5.20. The summed E-state index contributed by atoms with van der Waals surface area (Å²) in [6.07, 6.45) is 1.09. The van der Waals surface area contributed by atoms with Crippen molar-refractivity contribution in [1.29, 1.82) is 0 Å². The Morgan fingerprint density at radius 1 is 1.29 bits per heavy atom. The summed E-state index contributed by atoms with van der Waals surface area (Å²) in [5.41, 5.74) is 0.379. The van der Waals surface area contributed by atoms with Crippen molar-refractivity contribution in [2.24, 2.45) is 17.8 Å². The Labute approximate surface area is 125 Å². The van der Waals surface area contributed by atoms with Gasteiger partial charge in [-0.05, 0) is 30.7 Å². The first-order valence-electron chi connectivity index (χ1n) is 7.89. The molecular weight excluding hydrogens is 269 g/mol. The zero-order valence-electron chi connectivity index (χ0n) is 12.5. The molecule has 0 aromatic heterocycles. The number of rotatable bonds is 4. The molecule has 3 nitrogen and oxygen atoms in total. The van der Waals surface area contributed by atoms with Crippen molar-refractivity contribution in [3.63, 3.8) is 0 Å². The lowest BCUT2D eigenvalue weighted by atomic mass is 9.96. The average Bonchev–Trinajstić information content (AvgIpc) is 3.01. The number of hydrogen-bond donors (Lipinski definition) is 2. The van der Waals surface area contributed by atoms with Gasteiger partial charge in [-0.3, -0.25) is 0 Å². The fraction of sp³-hybridized carbons (Fsp3) is 0.647. The SMILES string of the molecule is CC(CN1CC2CCC(O)C2C1)C(O)c1ccccc1F. The first-order valence-corrected chi connectivity index (χ1v) is 7.89. The van der Waals surface area contributed by atoms with Crippen LogP contribution in [0.2, 0.25) is 0 Å². The molecule has 3 rings (SSSR count). The molecule has 1 heterocycles. The molecule has 0 radical (unpaired) electrons. The quantitative estimate of drug-likeness (QED) is 0.894. The van der Waals surface area contributed by atoms with Crippen LogP contribution < -0.4 is 0 Å². The summed E-state index contributed by atoms with van der Waals surface area (Å²) in [6.45, 7) is 4.60.